The van der Waals surface area contributed by atoms with E-state index in [-0.39, 0.29) is 0 Å². The molecule has 0 aliphatic carbocycles. The summed E-state index contributed by atoms with van der Waals surface area (Å²) in [7, 11) is 0. The van der Waals surface area contributed by atoms with Crippen LogP contribution in [-0.4, -0.2) is 57.3 Å². The van der Waals surface area contributed by atoms with Crippen molar-refractivity contribution in [3.8, 4) is 0 Å². The minimum atomic E-state index is -1.29. The van der Waals surface area contributed by atoms with Crippen molar-refractivity contribution in [2.45, 2.75) is 321 Å². The van der Waals surface area contributed by atoms with Crippen LogP contribution in [0.5, 0.6) is 0 Å². The minimum Gasteiger partial charge on any atom is -0.394 e. The monoisotopic (exact) mass is 876 g/mol. The van der Waals surface area contributed by atoms with Crippen molar-refractivity contribution in [3.63, 3.8) is 0 Å². The maximum Gasteiger partial charge on any atom is 0.249 e. The largest absolute Gasteiger partial charge is 0.394 e. The lowest BCUT2D eigenvalue weighted by atomic mass is 10.00. The SMILES string of the molecule is CCCCCCCCCCCCCCCCCCC/C=C/CC/C=C/CCCC(O)C(O)C(CO)NC(=O)C(O)CCCCCCCCCCCCCCCCCCCCCC. The topological polar surface area (TPSA) is 110 Å². The molecule has 0 heterocycles. The highest BCUT2D eigenvalue weighted by atomic mass is 16.3. The lowest BCUT2D eigenvalue weighted by Crippen LogP contribution is -2.53. The molecular weight excluding hydrogens is 767 g/mol. The van der Waals surface area contributed by atoms with Gasteiger partial charge in [0, 0.05) is 0 Å². The van der Waals surface area contributed by atoms with Crippen LogP contribution in [0.4, 0.5) is 0 Å². The first-order valence-electron chi connectivity index (χ1n) is 27.7. The van der Waals surface area contributed by atoms with Gasteiger partial charge in [-0.3, -0.25) is 4.79 Å². The van der Waals surface area contributed by atoms with Crippen LogP contribution in [0.2, 0.25) is 0 Å². The number of hydrogen-bond donors (Lipinski definition) is 5. The highest BCUT2D eigenvalue weighted by Crippen LogP contribution is 2.18. The molecule has 0 aliphatic heterocycles. The number of aliphatic hydroxyl groups is 4. The van der Waals surface area contributed by atoms with Gasteiger partial charge >= 0.3 is 0 Å². The van der Waals surface area contributed by atoms with Crippen LogP contribution in [0.25, 0.3) is 0 Å². The molecule has 5 N–H and O–H groups in total. The van der Waals surface area contributed by atoms with Crippen LogP contribution in [0.15, 0.2) is 24.3 Å². The lowest BCUT2D eigenvalue weighted by molar-refractivity contribution is -0.132. The summed E-state index contributed by atoms with van der Waals surface area (Å²) in [6.45, 7) is 4.07. The Bertz CT molecular complexity index is 939. The Balaban J connectivity index is 3.68. The maximum absolute atomic E-state index is 12.6. The van der Waals surface area contributed by atoms with Gasteiger partial charge in [-0.25, -0.2) is 0 Å². The Morgan fingerprint density at radius 1 is 0.387 bits per heavy atom. The van der Waals surface area contributed by atoms with E-state index >= 15 is 0 Å². The third kappa shape index (κ3) is 44.0. The molecule has 368 valence electrons. The van der Waals surface area contributed by atoms with E-state index in [2.05, 4.69) is 43.5 Å². The molecule has 6 nitrogen and oxygen atoms in total. The fraction of sp³-hybridized carbons (Fsp3) is 0.911. The summed E-state index contributed by atoms with van der Waals surface area (Å²) in [5.74, 6) is -0.592. The van der Waals surface area contributed by atoms with Gasteiger partial charge in [0.1, 0.15) is 12.2 Å². The van der Waals surface area contributed by atoms with E-state index in [1.54, 1.807) is 0 Å². The summed E-state index contributed by atoms with van der Waals surface area (Å²) >= 11 is 0. The first-order chi connectivity index (χ1) is 30.5. The van der Waals surface area contributed by atoms with Gasteiger partial charge in [0.05, 0.1) is 18.8 Å². The van der Waals surface area contributed by atoms with Crippen molar-refractivity contribution in [1.82, 2.24) is 5.32 Å². The molecule has 0 bridgehead atoms. The number of allylic oxidation sites excluding steroid dienone is 4. The second-order valence-electron chi connectivity index (χ2n) is 19.3. The number of rotatable bonds is 51. The van der Waals surface area contributed by atoms with E-state index < -0.39 is 36.9 Å². The first kappa shape index (κ1) is 60.8. The van der Waals surface area contributed by atoms with Gasteiger partial charge in [-0.2, -0.15) is 0 Å². The second-order valence-corrected chi connectivity index (χ2v) is 19.3. The van der Waals surface area contributed by atoms with Crippen molar-refractivity contribution >= 4 is 5.91 Å². The molecule has 4 atom stereocenters. The van der Waals surface area contributed by atoms with Crippen molar-refractivity contribution < 1.29 is 25.2 Å². The fourth-order valence-corrected chi connectivity index (χ4v) is 8.78. The summed E-state index contributed by atoms with van der Waals surface area (Å²) < 4.78 is 0. The van der Waals surface area contributed by atoms with Gasteiger partial charge < -0.3 is 25.7 Å². The van der Waals surface area contributed by atoms with E-state index in [9.17, 15) is 25.2 Å². The molecule has 0 saturated heterocycles. The van der Waals surface area contributed by atoms with Gasteiger partial charge in [-0.15, -0.1) is 0 Å². The molecule has 0 fully saturated rings. The Kier molecular flexibility index (Phi) is 49.8. The minimum absolute atomic E-state index is 0.364. The van der Waals surface area contributed by atoms with Crippen molar-refractivity contribution in [2.24, 2.45) is 0 Å². The van der Waals surface area contributed by atoms with Crippen LogP contribution in [0.1, 0.15) is 296 Å². The molecule has 6 heteroatoms. The molecule has 1 amide bonds. The summed E-state index contributed by atoms with van der Waals surface area (Å²) in [4.78, 5) is 12.6. The van der Waals surface area contributed by atoms with E-state index in [4.69, 9.17) is 0 Å². The molecule has 62 heavy (non-hydrogen) atoms. The number of amides is 1. The lowest BCUT2D eigenvalue weighted by Gasteiger charge is -2.27. The van der Waals surface area contributed by atoms with Gasteiger partial charge in [-0.1, -0.05) is 269 Å². The van der Waals surface area contributed by atoms with Gasteiger partial charge in [0.2, 0.25) is 5.91 Å². The number of aliphatic hydroxyl groups excluding tert-OH is 4. The molecule has 0 aromatic rings. The Morgan fingerprint density at radius 2 is 0.677 bits per heavy atom. The quantitative estimate of drug-likeness (QED) is 0.0309. The summed E-state index contributed by atoms with van der Waals surface area (Å²) in [6, 6.07) is -1.01. The van der Waals surface area contributed by atoms with Gasteiger partial charge in [0.15, 0.2) is 0 Å². The Hall–Kier alpha value is -1.21. The van der Waals surface area contributed by atoms with E-state index in [1.807, 2.05) is 0 Å². The van der Waals surface area contributed by atoms with Crippen molar-refractivity contribution in [1.29, 1.82) is 0 Å². The zero-order valence-corrected chi connectivity index (χ0v) is 41.6. The van der Waals surface area contributed by atoms with E-state index in [0.29, 0.717) is 19.3 Å². The van der Waals surface area contributed by atoms with Crippen LogP contribution >= 0.6 is 0 Å². The molecule has 0 saturated carbocycles. The Labute approximate surface area is 386 Å². The van der Waals surface area contributed by atoms with Crippen molar-refractivity contribution in [2.75, 3.05) is 6.61 Å². The van der Waals surface area contributed by atoms with Crippen LogP contribution in [0, 0.1) is 0 Å². The van der Waals surface area contributed by atoms with E-state index in [1.165, 1.54) is 225 Å². The smallest absolute Gasteiger partial charge is 0.249 e. The summed E-state index contributed by atoms with van der Waals surface area (Å²) in [5.41, 5.74) is 0. The highest BCUT2D eigenvalue weighted by Gasteiger charge is 2.28. The average molecular weight is 876 g/mol. The fourth-order valence-electron chi connectivity index (χ4n) is 8.78. The standard InChI is InChI=1S/C56H109NO5/c1-3-5-7-9-11-13-15-17-19-21-23-25-26-27-28-29-30-32-33-35-37-39-41-43-45-47-49-53(59)55(61)52(51-58)57-56(62)54(60)50-48-46-44-42-40-38-36-34-31-24-22-20-18-16-14-12-10-8-6-4-2/h33,35,41,43,52-55,58-61H,3-32,34,36-40,42,44-51H2,1-2H3,(H,57,62)/b35-33+,43-41+. The van der Waals surface area contributed by atoms with Crippen molar-refractivity contribution in [3.05, 3.63) is 24.3 Å². The van der Waals surface area contributed by atoms with E-state index in [0.717, 1.165) is 38.5 Å². The molecule has 0 rings (SSSR count). The molecular formula is C56H109NO5. The molecule has 0 spiro atoms. The van der Waals surface area contributed by atoms with Gasteiger partial charge in [-0.05, 0) is 51.4 Å². The second kappa shape index (κ2) is 50.8. The zero-order valence-electron chi connectivity index (χ0n) is 41.6. The molecule has 0 aromatic carbocycles. The molecule has 0 aliphatic rings. The zero-order chi connectivity index (χ0) is 45.2. The molecule has 0 radical (unpaired) electrons. The molecule has 4 unspecified atom stereocenters. The number of carbonyl (C=O) groups is 1. The predicted octanol–water partition coefficient (Wildman–Crippen LogP) is 15.9. The normalized spacial score (nSPS) is 14.0. The number of carbonyl (C=O) groups excluding carboxylic acids is 1. The summed E-state index contributed by atoms with van der Waals surface area (Å²) in [6.07, 6.45) is 61.0. The highest BCUT2D eigenvalue weighted by molar-refractivity contribution is 5.80. The first-order valence-corrected chi connectivity index (χ1v) is 27.7. The number of unbranched alkanes of at least 4 members (excludes halogenated alkanes) is 38. The summed E-state index contributed by atoms with van der Waals surface area (Å²) in [5, 5.41) is 43.9. The maximum atomic E-state index is 12.6. The Morgan fingerprint density at radius 3 is 1.02 bits per heavy atom. The average Bonchev–Trinajstić information content (AvgIpc) is 3.28. The van der Waals surface area contributed by atoms with Crippen LogP contribution < -0.4 is 5.32 Å². The van der Waals surface area contributed by atoms with Crippen LogP contribution in [-0.2, 0) is 4.79 Å². The van der Waals surface area contributed by atoms with Crippen LogP contribution in [0.3, 0.4) is 0 Å². The molecule has 0 aromatic heterocycles. The number of nitrogens with one attached hydrogen (secondary N) is 1. The number of hydrogen-bond acceptors (Lipinski definition) is 5. The third-order valence-corrected chi connectivity index (χ3v) is 13.1. The van der Waals surface area contributed by atoms with Gasteiger partial charge in [0.25, 0.3) is 0 Å². The predicted molar refractivity (Wildman–Crippen MR) is 270 cm³/mol. The third-order valence-electron chi connectivity index (χ3n) is 13.1.